The topological polar surface area (TPSA) is 70.7 Å². The number of benzene rings is 1. The number of piperidine rings is 1. The van der Waals surface area contributed by atoms with Crippen molar-refractivity contribution in [1.29, 1.82) is 0 Å². The van der Waals surface area contributed by atoms with Crippen molar-refractivity contribution in [1.82, 2.24) is 10.2 Å². The van der Waals surface area contributed by atoms with Gasteiger partial charge in [-0.05, 0) is 82.5 Å². The van der Waals surface area contributed by atoms with Crippen LogP contribution in [0.2, 0.25) is 0 Å². The Labute approximate surface area is 194 Å². The van der Waals surface area contributed by atoms with Crippen LogP contribution >= 0.6 is 0 Å². The molecule has 1 saturated carbocycles. The molecule has 32 heavy (non-hydrogen) atoms. The van der Waals surface area contributed by atoms with E-state index in [1.165, 1.54) is 17.6 Å². The number of aliphatic imine (C=N–C) groups is 1. The summed E-state index contributed by atoms with van der Waals surface area (Å²) in [7, 11) is 0. The fourth-order valence-corrected chi connectivity index (χ4v) is 5.03. The van der Waals surface area contributed by atoms with Crippen molar-refractivity contribution >= 4 is 11.6 Å². The van der Waals surface area contributed by atoms with Crippen molar-refractivity contribution in [3.8, 4) is 0 Å². The van der Waals surface area contributed by atoms with E-state index in [1.54, 1.807) is 0 Å². The van der Waals surface area contributed by atoms with E-state index < -0.39 is 0 Å². The summed E-state index contributed by atoms with van der Waals surface area (Å²) >= 11 is 0. The number of nitrogens with one attached hydrogen (secondary N) is 1. The van der Waals surface area contributed by atoms with Gasteiger partial charge in [-0.1, -0.05) is 43.7 Å². The number of likely N-dealkylation sites (tertiary alicyclic amines) is 1. The molecular formula is C27H42N4O. The SMILES string of the molecule is CCN=C(C)C(=C(N)CC)C1CCN(CC[C@H](NC(=O)C2CCC2)c2ccccc2)CC1. The number of nitrogens with zero attached hydrogens (tertiary/aromatic N) is 2. The van der Waals surface area contributed by atoms with Crippen molar-refractivity contribution in [3.05, 3.63) is 47.2 Å². The maximum Gasteiger partial charge on any atom is 0.223 e. The summed E-state index contributed by atoms with van der Waals surface area (Å²) in [5.74, 6) is 0.961. The summed E-state index contributed by atoms with van der Waals surface area (Å²) in [4.78, 5) is 19.8. The zero-order valence-corrected chi connectivity index (χ0v) is 20.3. The van der Waals surface area contributed by atoms with Gasteiger partial charge in [-0.15, -0.1) is 0 Å². The molecule has 5 heteroatoms. The lowest BCUT2D eigenvalue weighted by molar-refractivity contribution is -0.128. The molecule has 1 heterocycles. The minimum Gasteiger partial charge on any atom is -0.402 e. The van der Waals surface area contributed by atoms with Gasteiger partial charge in [0.05, 0.1) is 6.04 Å². The summed E-state index contributed by atoms with van der Waals surface area (Å²) in [6, 6.07) is 10.5. The van der Waals surface area contributed by atoms with Gasteiger partial charge in [0.25, 0.3) is 0 Å². The molecule has 1 saturated heterocycles. The summed E-state index contributed by atoms with van der Waals surface area (Å²) in [5, 5.41) is 3.35. The highest BCUT2D eigenvalue weighted by Gasteiger charge is 2.29. The molecule has 1 aromatic carbocycles. The second-order valence-electron chi connectivity index (χ2n) is 9.36. The van der Waals surface area contributed by atoms with E-state index >= 15 is 0 Å². The van der Waals surface area contributed by atoms with Gasteiger partial charge in [-0.25, -0.2) is 0 Å². The normalized spacial score (nSPS) is 20.4. The average Bonchev–Trinajstić information content (AvgIpc) is 2.77. The third-order valence-electron chi connectivity index (χ3n) is 7.24. The Hall–Kier alpha value is -2.14. The highest BCUT2D eigenvalue weighted by Crippen LogP contribution is 2.30. The molecule has 0 radical (unpaired) electrons. The van der Waals surface area contributed by atoms with Crippen LogP contribution in [0.5, 0.6) is 0 Å². The molecule has 5 nitrogen and oxygen atoms in total. The Morgan fingerprint density at radius 2 is 1.81 bits per heavy atom. The lowest BCUT2D eigenvalue weighted by atomic mass is 9.84. The van der Waals surface area contributed by atoms with E-state index in [1.807, 2.05) is 6.07 Å². The molecular weight excluding hydrogens is 396 g/mol. The molecule has 0 unspecified atom stereocenters. The molecule has 1 aliphatic carbocycles. The van der Waals surface area contributed by atoms with Crippen LogP contribution in [-0.2, 0) is 4.79 Å². The van der Waals surface area contributed by atoms with Crippen LogP contribution in [0.1, 0.15) is 77.3 Å². The number of hydrogen-bond donors (Lipinski definition) is 2. The lowest BCUT2D eigenvalue weighted by Gasteiger charge is -2.35. The van der Waals surface area contributed by atoms with Crippen molar-refractivity contribution in [3.63, 3.8) is 0 Å². The number of allylic oxidation sites excluding steroid dienone is 2. The first-order chi connectivity index (χ1) is 15.5. The Balaban J connectivity index is 1.57. The molecule has 2 fully saturated rings. The van der Waals surface area contributed by atoms with E-state index in [4.69, 9.17) is 5.73 Å². The second-order valence-corrected chi connectivity index (χ2v) is 9.36. The van der Waals surface area contributed by atoms with Gasteiger partial charge in [-0.3, -0.25) is 9.79 Å². The van der Waals surface area contributed by atoms with Gasteiger partial charge in [0.1, 0.15) is 0 Å². The number of carbonyl (C=O) groups excluding carboxylic acids is 1. The van der Waals surface area contributed by atoms with Crippen LogP contribution in [0.15, 0.2) is 46.6 Å². The molecule has 0 bridgehead atoms. The zero-order chi connectivity index (χ0) is 22.9. The minimum absolute atomic E-state index is 0.0900. The quantitative estimate of drug-likeness (QED) is 0.513. The fraction of sp³-hybridized carbons (Fsp3) is 0.630. The molecule has 3 rings (SSSR count). The Morgan fingerprint density at radius 3 is 2.38 bits per heavy atom. The van der Waals surface area contributed by atoms with E-state index in [9.17, 15) is 4.79 Å². The van der Waals surface area contributed by atoms with Crippen LogP contribution in [0.25, 0.3) is 0 Å². The Kier molecular flexibility index (Phi) is 9.34. The number of carbonyl (C=O) groups is 1. The summed E-state index contributed by atoms with van der Waals surface area (Å²) < 4.78 is 0. The Morgan fingerprint density at radius 1 is 1.12 bits per heavy atom. The predicted octanol–water partition coefficient (Wildman–Crippen LogP) is 4.85. The molecule has 2 aliphatic rings. The smallest absolute Gasteiger partial charge is 0.223 e. The van der Waals surface area contributed by atoms with Crippen molar-refractivity contribution in [2.24, 2.45) is 22.6 Å². The first kappa shape index (κ1) is 24.5. The molecule has 3 N–H and O–H groups in total. The van der Waals surface area contributed by atoms with Gasteiger partial charge in [-0.2, -0.15) is 0 Å². The van der Waals surface area contributed by atoms with Crippen molar-refractivity contribution < 1.29 is 4.79 Å². The van der Waals surface area contributed by atoms with Crippen molar-refractivity contribution in [2.45, 2.75) is 71.8 Å². The minimum atomic E-state index is 0.0900. The summed E-state index contributed by atoms with van der Waals surface area (Å²) in [6.45, 7) is 10.3. The maximum absolute atomic E-state index is 12.6. The summed E-state index contributed by atoms with van der Waals surface area (Å²) in [6.07, 6.45) is 7.34. The molecule has 1 amide bonds. The Bertz CT molecular complexity index is 789. The van der Waals surface area contributed by atoms with Gasteiger partial charge in [0, 0.05) is 30.4 Å². The van der Waals surface area contributed by atoms with Gasteiger partial charge in [0.15, 0.2) is 0 Å². The molecule has 1 aromatic rings. The number of hydrogen-bond acceptors (Lipinski definition) is 4. The molecule has 0 aromatic heterocycles. The molecule has 176 valence electrons. The number of amides is 1. The summed E-state index contributed by atoms with van der Waals surface area (Å²) in [5.41, 5.74) is 11.0. The van der Waals surface area contributed by atoms with Crippen LogP contribution in [0.4, 0.5) is 0 Å². The van der Waals surface area contributed by atoms with E-state index in [-0.39, 0.29) is 17.9 Å². The highest BCUT2D eigenvalue weighted by atomic mass is 16.2. The first-order valence-electron chi connectivity index (χ1n) is 12.6. The standard InChI is InChI=1S/C27H42N4O/c1-4-24(28)26(20(3)29-5-2)22-14-17-31(18-15-22)19-16-25(21-10-7-6-8-11-21)30-27(32)23-12-9-13-23/h6-8,10-11,22-23,25H,4-5,9,12-19,28H2,1-3H3,(H,30,32)/t25-/m0/s1. The molecule has 1 aliphatic heterocycles. The zero-order valence-electron chi connectivity index (χ0n) is 20.3. The van der Waals surface area contributed by atoms with E-state index in [2.05, 4.69) is 60.2 Å². The van der Waals surface area contributed by atoms with Gasteiger partial charge < -0.3 is 16.0 Å². The lowest BCUT2D eigenvalue weighted by Crippen LogP contribution is -2.40. The van der Waals surface area contributed by atoms with Crippen LogP contribution < -0.4 is 11.1 Å². The predicted molar refractivity (Wildman–Crippen MR) is 134 cm³/mol. The van der Waals surface area contributed by atoms with Crippen LogP contribution in [0.3, 0.4) is 0 Å². The monoisotopic (exact) mass is 438 g/mol. The first-order valence-corrected chi connectivity index (χ1v) is 12.6. The third kappa shape index (κ3) is 6.44. The van der Waals surface area contributed by atoms with Gasteiger partial charge >= 0.3 is 0 Å². The van der Waals surface area contributed by atoms with Crippen LogP contribution in [-0.4, -0.2) is 42.7 Å². The maximum atomic E-state index is 12.6. The van der Waals surface area contributed by atoms with Gasteiger partial charge in [0.2, 0.25) is 5.91 Å². The molecule has 0 spiro atoms. The second kappa shape index (κ2) is 12.2. The van der Waals surface area contributed by atoms with E-state index in [0.717, 1.165) is 76.1 Å². The number of rotatable bonds is 10. The van der Waals surface area contributed by atoms with E-state index in [0.29, 0.717) is 5.92 Å². The molecule has 1 atom stereocenters. The largest absolute Gasteiger partial charge is 0.402 e. The van der Waals surface area contributed by atoms with Crippen molar-refractivity contribution in [2.75, 3.05) is 26.2 Å². The fourth-order valence-electron chi connectivity index (χ4n) is 5.03. The number of nitrogens with two attached hydrogens (primary N) is 1. The average molecular weight is 439 g/mol. The van der Waals surface area contributed by atoms with Crippen LogP contribution in [0, 0.1) is 11.8 Å². The third-order valence-corrected chi connectivity index (χ3v) is 7.24. The highest BCUT2D eigenvalue weighted by molar-refractivity contribution is 5.99.